The molecule has 0 saturated carbocycles. The molecule has 92 valence electrons. The Balaban J connectivity index is 2.70. The first kappa shape index (κ1) is 13.0. The lowest BCUT2D eigenvalue weighted by Gasteiger charge is -2.04. The minimum Gasteiger partial charge on any atom is -0.326 e. The van der Waals surface area contributed by atoms with E-state index >= 15 is 0 Å². The number of hydrogen-bond donors (Lipinski definition) is 2. The van der Waals surface area contributed by atoms with Crippen molar-refractivity contribution < 1.29 is 14.1 Å². The van der Waals surface area contributed by atoms with E-state index in [1.54, 1.807) is 7.05 Å². The average molecular weight is 241 g/mol. The Labute approximate surface area is 97.0 Å². The van der Waals surface area contributed by atoms with Gasteiger partial charge in [0.1, 0.15) is 0 Å². The van der Waals surface area contributed by atoms with Crippen molar-refractivity contribution in [3.63, 3.8) is 0 Å². The maximum absolute atomic E-state index is 13.2. The van der Waals surface area contributed by atoms with Gasteiger partial charge in [-0.05, 0) is 13.1 Å². The molecule has 0 aromatic heterocycles. The zero-order valence-electron chi connectivity index (χ0n) is 9.20. The summed E-state index contributed by atoms with van der Waals surface area (Å²) in [6, 6.07) is 3.23. The van der Waals surface area contributed by atoms with Crippen LogP contribution in [0.25, 0.3) is 0 Å². The van der Waals surface area contributed by atoms with Crippen molar-refractivity contribution in [1.82, 2.24) is 5.32 Å². The van der Waals surface area contributed by atoms with E-state index in [-0.39, 0.29) is 18.0 Å². The zero-order chi connectivity index (χ0) is 12.8. The predicted octanol–water partition coefficient (Wildman–Crippen LogP) is 1.28. The van der Waals surface area contributed by atoms with E-state index in [1.807, 2.05) is 0 Å². The van der Waals surface area contributed by atoms with Crippen LogP contribution in [0.1, 0.15) is 6.42 Å². The zero-order valence-corrected chi connectivity index (χ0v) is 9.20. The summed E-state index contributed by atoms with van der Waals surface area (Å²) in [6.07, 6.45) is 0.245. The van der Waals surface area contributed by atoms with Gasteiger partial charge in [0, 0.05) is 30.8 Å². The first-order valence-electron chi connectivity index (χ1n) is 4.93. The number of nitro groups is 1. The highest BCUT2D eigenvalue weighted by Gasteiger charge is 2.14. The summed E-state index contributed by atoms with van der Waals surface area (Å²) in [5.41, 5.74) is -0.410. The molecule has 0 bridgehead atoms. The number of nitrogens with one attached hydrogen (secondary N) is 2. The number of carbonyl (C=O) groups is 1. The Morgan fingerprint density at radius 1 is 1.53 bits per heavy atom. The molecule has 0 atom stereocenters. The molecule has 1 rings (SSSR count). The normalized spacial score (nSPS) is 10.0. The smallest absolute Gasteiger partial charge is 0.304 e. The van der Waals surface area contributed by atoms with Crippen LogP contribution in [0, 0.1) is 15.9 Å². The molecule has 1 aromatic carbocycles. The Hall–Kier alpha value is -2.02. The van der Waals surface area contributed by atoms with E-state index in [4.69, 9.17) is 0 Å². The fourth-order valence-electron chi connectivity index (χ4n) is 1.19. The highest BCUT2D eigenvalue weighted by atomic mass is 19.1. The highest BCUT2D eigenvalue weighted by Crippen LogP contribution is 2.20. The maximum Gasteiger partial charge on any atom is 0.304 e. The number of hydrogen-bond acceptors (Lipinski definition) is 4. The largest absolute Gasteiger partial charge is 0.326 e. The molecule has 0 unspecified atom stereocenters. The second kappa shape index (κ2) is 5.90. The Kier molecular flexibility index (Phi) is 4.53. The molecule has 2 N–H and O–H groups in total. The SMILES string of the molecule is CNCCC(=O)Nc1ccc([N+](=O)[O-])c(F)c1. The second-order valence-corrected chi connectivity index (χ2v) is 3.33. The van der Waals surface area contributed by atoms with Crippen molar-refractivity contribution in [2.24, 2.45) is 0 Å². The van der Waals surface area contributed by atoms with Gasteiger partial charge < -0.3 is 10.6 Å². The summed E-state index contributed by atoms with van der Waals surface area (Å²) in [7, 11) is 1.71. The van der Waals surface area contributed by atoms with E-state index in [0.29, 0.717) is 6.54 Å². The van der Waals surface area contributed by atoms with Crippen molar-refractivity contribution in [3.8, 4) is 0 Å². The maximum atomic E-state index is 13.2. The predicted molar refractivity (Wildman–Crippen MR) is 60.2 cm³/mol. The van der Waals surface area contributed by atoms with Crippen molar-refractivity contribution in [2.45, 2.75) is 6.42 Å². The van der Waals surface area contributed by atoms with Gasteiger partial charge in [-0.1, -0.05) is 0 Å². The number of carbonyl (C=O) groups excluding carboxylic acids is 1. The van der Waals surface area contributed by atoms with E-state index < -0.39 is 16.4 Å². The first-order chi connectivity index (χ1) is 8.04. The molecule has 0 fully saturated rings. The molecular formula is C10H12FN3O3. The summed E-state index contributed by atoms with van der Waals surface area (Å²) < 4.78 is 13.2. The van der Waals surface area contributed by atoms with Gasteiger partial charge in [0.25, 0.3) is 0 Å². The first-order valence-corrected chi connectivity index (χ1v) is 4.93. The molecule has 0 heterocycles. The Morgan fingerprint density at radius 3 is 2.76 bits per heavy atom. The third-order valence-electron chi connectivity index (χ3n) is 2.03. The molecule has 6 nitrogen and oxygen atoms in total. The molecule has 1 aromatic rings. The van der Waals surface area contributed by atoms with Crippen LogP contribution >= 0.6 is 0 Å². The van der Waals surface area contributed by atoms with Gasteiger partial charge in [0.15, 0.2) is 0 Å². The van der Waals surface area contributed by atoms with Gasteiger partial charge in [-0.15, -0.1) is 0 Å². The molecule has 0 aliphatic carbocycles. The van der Waals surface area contributed by atoms with E-state index in [2.05, 4.69) is 10.6 Å². The van der Waals surface area contributed by atoms with Gasteiger partial charge >= 0.3 is 5.69 Å². The molecule has 0 aliphatic rings. The van der Waals surface area contributed by atoms with E-state index in [0.717, 1.165) is 12.1 Å². The monoisotopic (exact) mass is 241 g/mol. The minimum absolute atomic E-state index is 0.203. The second-order valence-electron chi connectivity index (χ2n) is 3.33. The summed E-state index contributed by atoms with van der Waals surface area (Å²) in [4.78, 5) is 20.8. The summed E-state index contributed by atoms with van der Waals surface area (Å²) >= 11 is 0. The lowest BCUT2D eigenvalue weighted by molar-refractivity contribution is -0.387. The molecule has 0 aliphatic heterocycles. The average Bonchev–Trinajstić information content (AvgIpc) is 2.26. The summed E-state index contributed by atoms with van der Waals surface area (Å²) in [6.45, 7) is 0.501. The number of anilines is 1. The number of nitrogens with zero attached hydrogens (tertiary/aromatic N) is 1. The fraction of sp³-hybridized carbons (Fsp3) is 0.300. The number of nitro benzene ring substituents is 1. The third-order valence-corrected chi connectivity index (χ3v) is 2.03. The van der Waals surface area contributed by atoms with Crippen LogP contribution in [-0.2, 0) is 4.79 Å². The lowest BCUT2D eigenvalue weighted by atomic mass is 10.2. The number of benzene rings is 1. The van der Waals surface area contributed by atoms with Crippen LogP contribution in [0.3, 0.4) is 0 Å². The van der Waals surface area contributed by atoms with Crippen LogP contribution in [0.5, 0.6) is 0 Å². The standard InChI is InChI=1S/C10H12FN3O3/c1-12-5-4-10(15)13-7-2-3-9(14(16)17)8(11)6-7/h2-3,6,12H,4-5H2,1H3,(H,13,15). The molecule has 0 saturated heterocycles. The van der Waals surface area contributed by atoms with Crippen molar-refractivity contribution in [3.05, 3.63) is 34.1 Å². The molecule has 1 amide bonds. The Morgan fingerprint density at radius 2 is 2.24 bits per heavy atom. The molecular weight excluding hydrogens is 229 g/mol. The van der Waals surface area contributed by atoms with Crippen molar-refractivity contribution >= 4 is 17.3 Å². The van der Waals surface area contributed by atoms with Crippen LogP contribution in [0.4, 0.5) is 15.8 Å². The lowest BCUT2D eigenvalue weighted by Crippen LogP contribution is -2.18. The van der Waals surface area contributed by atoms with Crippen LogP contribution in [-0.4, -0.2) is 24.4 Å². The number of halogens is 1. The molecule has 17 heavy (non-hydrogen) atoms. The van der Waals surface area contributed by atoms with Gasteiger partial charge in [-0.25, -0.2) is 0 Å². The number of rotatable bonds is 5. The summed E-state index contributed by atoms with van der Waals surface area (Å²) in [5, 5.41) is 15.6. The fourth-order valence-corrected chi connectivity index (χ4v) is 1.19. The van der Waals surface area contributed by atoms with Crippen LogP contribution in [0.15, 0.2) is 18.2 Å². The van der Waals surface area contributed by atoms with Crippen molar-refractivity contribution in [2.75, 3.05) is 18.9 Å². The minimum atomic E-state index is -0.971. The number of amides is 1. The van der Waals surface area contributed by atoms with Gasteiger partial charge in [0.05, 0.1) is 4.92 Å². The van der Waals surface area contributed by atoms with Gasteiger partial charge in [0.2, 0.25) is 11.7 Å². The highest BCUT2D eigenvalue weighted by molar-refractivity contribution is 5.90. The molecule has 0 spiro atoms. The van der Waals surface area contributed by atoms with E-state index in [1.165, 1.54) is 6.07 Å². The van der Waals surface area contributed by atoms with Crippen molar-refractivity contribution in [1.29, 1.82) is 0 Å². The van der Waals surface area contributed by atoms with Crippen LogP contribution < -0.4 is 10.6 Å². The molecule has 7 heteroatoms. The van der Waals surface area contributed by atoms with Gasteiger partial charge in [-0.2, -0.15) is 4.39 Å². The quantitative estimate of drug-likeness (QED) is 0.600. The van der Waals surface area contributed by atoms with E-state index in [9.17, 15) is 19.3 Å². The third kappa shape index (κ3) is 3.80. The van der Waals surface area contributed by atoms with Crippen LogP contribution in [0.2, 0.25) is 0 Å². The summed E-state index contributed by atoms with van der Waals surface area (Å²) in [5.74, 6) is -1.26. The molecule has 0 radical (unpaired) electrons. The van der Waals surface area contributed by atoms with Gasteiger partial charge in [-0.3, -0.25) is 14.9 Å². The topological polar surface area (TPSA) is 84.3 Å². The Bertz CT molecular complexity index is 437.